The molecule has 1 aromatic rings. The number of halogens is 1. The lowest BCUT2D eigenvalue weighted by Gasteiger charge is -2.26. The second-order valence-corrected chi connectivity index (χ2v) is 5.32. The highest BCUT2D eigenvalue weighted by Gasteiger charge is 2.44. The van der Waals surface area contributed by atoms with Crippen LogP contribution >= 0.6 is 0 Å². The van der Waals surface area contributed by atoms with Crippen molar-refractivity contribution in [3.63, 3.8) is 0 Å². The van der Waals surface area contributed by atoms with Crippen LogP contribution in [0.25, 0.3) is 0 Å². The van der Waals surface area contributed by atoms with Gasteiger partial charge < -0.3 is 28.7 Å². The van der Waals surface area contributed by atoms with Crippen LogP contribution in [-0.2, 0) is 5.41 Å². The molecule has 0 radical (unpaired) electrons. The number of hydrogen-bond acceptors (Lipinski definition) is 1. The molecule has 0 spiro atoms. The van der Waals surface area contributed by atoms with Crippen molar-refractivity contribution in [2.75, 3.05) is 20.7 Å². The van der Waals surface area contributed by atoms with E-state index in [2.05, 4.69) is 43.7 Å². The van der Waals surface area contributed by atoms with E-state index < -0.39 is 0 Å². The molecular formula is C16H24INO. The first-order chi connectivity index (χ1) is 8.64. The smallest absolute Gasteiger partial charge is 0.159 e. The van der Waals surface area contributed by atoms with E-state index in [0.29, 0.717) is 0 Å². The van der Waals surface area contributed by atoms with E-state index in [1.165, 1.54) is 30.5 Å². The minimum Gasteiger partial charge on any atom is -1.00 e. The van der Waals surface area contributed by atoms with Crippen LogP contribution in [0.2, 0.25) is 0 Å². The molecule has 0 N–H and O–H groups in total. The van der Waals surface area contributed by atoms with Crippen molar-refractivity contribution in [1.82, 2.24) is 0 Å². The highest BCUT2D eigenvalue weighted by atomic mass is 127. The third kappa shape index (κ3) is 2.96. The third-order valence-electron chi connectivity index (χ3n) is 4.44. The van der Waals surface area contributed by atoms with Crippen molar-refractivity contribution in [3.05, 3.63) is 29.8 Å². The Labute approximate surface area is 133 Å². The minimum atomic E-state index is 0. The predicted octanol–water partition coefficient (Wildman–Crippen LogP) is 0.244. The first-order valence-electron chi connectivity index (χ1n) is 6.84. The van der Waals surface area contributed by atoms with Crippen molar-refractivity contribution >= 4 is 5.71 Å². The van der Waals surface area contributed by atoms with Gasteiger partial charge in [-0.1, -0.05) is 25.5 Å². The van der Waals surface area contributed by atoms with E-state index in [4.69, 9.17) is 4.74 Å². The number of ether oxygens (including phenoxy) is 1. The van der Waals surface area contributed by atoms with Gasteiger partial charge in [-0.25, -0.2) is 4.58 Å². The number of hydrogen-bond donors (Lipinski definition) is 0. The number of methoxy groups -OCH3 is 1. The van der Waals surface area contributed by atoms with Gasteiger partial charge in [-0.15, -0.1) is 0 Å². The lowest BCUT2D eigenvalue weighted by molar-refractivity contribution is -0.489. The van der Waals surface area contributed by atoms with Crippen LogP contribution < -0.4 is 28.7 Å². The van der Waals surface area contributed by atoms with Crippen molar-refractivity contribution in [3.8, 4) is 5.75 Å². The number of benzene rings is 1. The summed E-state index contributed by atoms with van der Waals surface area (Å²) in [5.41, 5.74) is 3.13. The summed E-state index contributed by atoms with van der Waals surface area (Å²) in [5, 5.41) is 0. The Morgan fingerprint density at radius 3 is 2.63 bits per heavy atom. The van der Waals surface area contributed by atoms with Gasteiger partial charge in [-0.05, 0) is 24.1 Å². The Morgan fingerprint density at radius 1 is 1.37 bits per heavy atom. The molecular weight excluding hydrogens is 349 g/mol. The maximum absolute atomic E-state index is 5.38. The number of rotatable bonds is 4. The van der Waals surface area contributed by atoms with Crippen molar-refractivity contribution in [1.29, 1.82) is 0 Å². The molecule has 1 aliphatic rings. The molecule has 1 heterocycles. The standard InChI is InChI=1S/C16H24NO.HI/c1-5-9-16(10-11-17(3)13(16)2)14-7-6-8-15(12-14)18-4;/h6-8,12H,5,9-11H2,1-4H3;1H/q+1;/p-1. The van der Waals surface area contributed by atoms with Gasteiger partial charge in [-0.3, -0.25) is 0 Å². The first-order valence-corrected chi connectivity index (χ1v) is 6.84. The Hall–Kier alpha value is -0.580. The fraction of sp³-hybridized carbons (Fsp3) is 0.562. The summed E-state index contributed by atoms with van der Waals surface area (Å²) in [6.07, 6.45) is 3.65. The lowest BCUT2D eigenvalue weighted by atomic mass is 9.72. The first kappa shape index (κ1) is 16.5. The minimum absolute atomic E-state index is 0. The van der Waals surface area contributed by atoms with E-state index >= 15 is 0 Å². The maximum Gasteiger partial charge on any atom is 0.159 e. The van der Waals surface area contributed by atoms with E-state index in [9.17, 15) is 0 Å². The Kier molecular flexibility index (Phi) is 5.83. The van der Waals surface area contributed by atoms with Crippen LogP contribution in [0.5, 0.6) is 5.75 Å². The normalized spacial score (nSPS) is 22.3. The molecule has 0 saturated heterocycles. The van der Waals surface area contributed by atoms with Crippen molar-refractivity contribution in [2.45, 2.75) is 38.5 Å². The van der Waals surface area contributed by atoms with Crippen molar-refractivity contribution < 1.29 is 33.3 Å². The zero-order chi connectivity index (χ0) is 13.2. The van der Waals surface area contributed by atoms with Gasteiger partial charge in [0.05, 0.1) is 12.5 Å². The van der Waals surface area contributed by atoms with Gasteiger partial charge in [0.25, 0.3) is 0 Å². The van der Waals surface area contributed by atoms with Gasteiger partial charge in [0.1, 0.15) is 19.3 Å². The molecule has 0 fully saturated rings. The van der Waals surface area contributed by atoms with E-state index in [1.54, 1.807) is 7.11 Å². The Balaban J connectivity index is 0.00000180. The summed E-state index contributed by atoms with van der Waals surface area (Å²) in [6, 6.07) is 8.59. The molecule has 0 saturated carbocycles. The molecule has 1 unspecified atom stereocenters. The third-order valence-corrected chi connectivity index (χ3v) is 4.44. The molecule has 19 heavy (non-hydrogen) atoms. The maximum atomic E-state index is 5.38. The average Bonchev–Trinajstić information content (AvgIpc) is 2.69. The molecule has 2 rings (SSSR count). The summed E-state index contributed by atoms with van der Waals surface area (Å²) >= 11 is 0. The van der Waals surface area contributed by atoms with Crippen LogP contribution in [0.4, 0.5) is 0 Å². The topological polar surface area (TPSA) is 12.2 Å². The quantitative estimate of drug-likeness (QED) is 0.544. The van der Waals surface area contributed by atoms with Crippen LogP contribution in [-0.4, -0.2) is 31.0 Å². The van der Waals surface area contributed by atoms with E-state index in [1.807, 2.05) is 6.07 Å². The fourth-order valence-electron chi connectivity index (χ4n) is 3.22. The summed E-state index contributed by atoms with van der Waals surface area (Å²) in [5.74, 6) is 0.963. The zero-order valence-corrected chi connectivity index (χ0v) is 14.5. The van der Waals surface area contributed by atoms with E-state index in [0.717, 1.165) is 12.3 Å². The highest BCUT2D eigenvalue weighted by Crippen LogP contribution is 2.39. The summed E-state index contributed by atoms with van der Waals surface area (Å²) in [6.45, 7) is 5.71. The Bertz CT molecular complexity index is 470. The molecule has 2 nitrogen and oxygen atoms in total. The lowest BCUT2D eigenvalue weighted by Crippen LogP contribution is -3.00. The summed E-state index contributed by atoms with van der Waals surface area (Å²) in [7, 11) is 3.94. The van der Waals surface area contributed by atoms with Crippen LogP contribution in [0.3, 0.4) is 0 Å². The molecule has 1 aliphatic heterocycles. The predicted molar refractivity (Wildman–Crippen MR) is 75.9 cm³/mol. The second-order valence-electron chi connectivity index (χ2n) is 5.32. The molecule has 1 atom stereocenters. The van der Waals surface area contributed by atoms with Gasteiger partial charge in [0.15, 0.2) is 5.71 Å². The molecule has 0 amide bonds. The number of nitrogens with zero attached hydrogens (tertiary/aromatic N) is 1. The van der Waals surface area contributed by atoms with Crippen LogP contribution in [0.15, 0.2) is 24.3 Å². The molecule has 1 aromatic carbocycles. The van der Waals surface area contributed by atoms with Crippen molar-refractivity contribution in [2.24, 2.45) is 0 Å². The van der Waals surface area contributed by atoms with Gasteiger partial charge in [-0.2, -0.15) is 0 Å². The summed E-state index contributed by atoms with van der Waals surface area (Å²) < 4.78 is 7.77. The average molecular weight is 373 g/mol. The fourth-order valence-corrected chi connectivity index (χ4v) is 3.22. The SMILES string of the molecule is CCCC1(c2cccc(OC)c2)CC[N+](C)=C1C.[I-]. The van der Waals surface area contributed by atoms with Crippen LogP contribution in [0, 0.1) is 0 Å². The van der Waals surface area contributed by atoms with Gasteiger partial charge >= 0.3 is 0 Å². The summed E-state index contributed by atoms with van der Waals surface area (Å²) in [4.78, 5) is 0. The monoisotopic (exact) mass is 373 g/mol. The Morgan fingerprint density at radius 2 is 2.11 bits per heavy atom. The molecule has 0 aliphatic carbocycles. The second kappa shape index (κ2) is 6.73. The zero-order valence-electron chi connectivity index (χ0n) is 12.4. The largest absolute Gasteiger partial charge is 1.00 e. The molecule has 3 heteroatoms. The van der Waals surface area contributed by atoms with Gasteiger partial charge in [0.2, 0.25) is 0 Å². The van der Waals surface area contributed by atoms with E-state index in [-0.39, 0.29) is 29.4 Å². The van der Waals surface area contributed by atoms with Gasteiger partial charge in [0, 0.05) is 13.3 Å². The molecule has 0 bridgehead atoms. The molecule has 106 valence electrons. The molecule has 0 aromatic heterocycles. The van der Waals surface area contributed by atoms with Crippen LogP contribution in [0.1, 0.15) is 38.7 Å². The highest BCUT2D eigenvalue weighted by molar-refractivity contribution is 5.90.